The summed E-state index contributed by atoms with van der Waals surface area (Å²) < 4.78 is 0. The minimum Gasteiger partial charge on any atom is -0.368 e. The lowest BCUT2D eigenvalue weighted by Crippen LogP contribution is -2.46. The van der Waals surface area contributed by atoms with Crippen LogP contribution in [-0.4, -0.2) is 46.0 Å². The Morgan fingerprint density at radius 3 is 2.70 bits per heavy atom. The number of aromatic amines is 1. The van der Waals surface area contributed by atoms with Crippen molar-refractivity contribution in [3.8, 4) is 0 Å². The number of benzene rings is 1. The number of rotatable bonds is 3. The molecular formula is C17H18ClN5. The minimum atomic E-state index is 0.721. The quantitative estimate of drug-likeness (QED) is 0.803. The lowest BCUT2D eigenvalue weighted by Gasteiger charge is -2.35. The largest absolute Gasteiger partial charge is 0.368 e. The molecule has 1 fully saturated rings. The third-order valence-corrected chi connectivity index (χ3v) is 4.57. The van der Waals surface area contributed by atoms with Gasteiger partial charge in [0.15, 0.2) is 0 Å². The summed E-state index contributed by atoms with van der Waals surface area (Å²) in [5.74, 6) is 1.03. The number of nitrogens with one attached hydrogen (secondary N) is 1. The number of para-hydroxylation sites is 2. The highest BCUT2D eigenvalue weighted by molar-refractivity contribution is 6.33. The van der Waals surface area contributed by atoms with Crippen molar-refractivity contribution in [1.82, 2.24) is 19.9 Å². The Hall–Kier alpha value is -2.11. The first-order valence-electron chi connectivity index (χ1n) is 7.80. The van der Waals surface area contributed by atoms with Crippen LogP contribution in [0.25, 0.3) is 11.0 Å². The highest BCUT2D eigenvalue weighted by Gasteiger charge is 2.19. The molecule has 0 spiro atoms. The van der Waals surface area contributed by atoms with Crippen molar-refractivity contribution in [2.45, 2.75) is 6.54 Å². The van der Waals surface area contributed by atoms with Crippen LogP contribution in [0.5, 0.6) is 0 Å². The van der Waals surface area contributed by atoms with E-state index in [1.54, 1.807) is 12.4 Å². The van der Waals surface area contributed by atoms with Gasteiger partial charge >= 0.3 is 0 Å². The standard InChI is InChI=1S/C17H18ClN5/c18-13-11-19-6-5-16(13)23-9-7-22(8-10-23)12-17-20-14-3-1-2-4-15(14)21-17/h1-6,11H,7-10,12H2,(H,20,21). The van der Waals surface area contributed by atoms with Gasteiger partial charge in [-0.3, -0.25) is 9.88 Å². The van der Waals surface area contributed by atoms with Gasteiger partial charge in [-0.15, -0.1) is 0 Å². The summed E-state index contributed by atoms with van der Waals surface area (Å²) in [5, 5.41) is 0.721. The highest BCUT2D eigenvalue weighted by atomic mass is 35.5. The van der Waals surface area contributed by atoms with E-state index in [4.69, 9.17) is 11.6 Å². The van der Waals surface area contributed by atoms with Gasteiger partial charge in [0.2, 0.25) is 0 Å². The van der Waals surface area contributed by atoms with Crippen molar-refractivity contribution >= 4 is 28.3 Å². The molecule has 5 nitrogen and oxygen atoms in total. The Kier molecular flexibility index (Phi) is 3.89. The maximum absolute atomic E-state index is 6.24. The number of nitrogens with zero attached hydrogens (tertiary/aromatic N) is 4. The van der Waals surface area contributed by atoms with E-state index in [-0.39, 0.29) is 0 Å². The number of fused-ring (bicyclic) bond motifs is 1. The van der Waals surface area contributed by atoms with Gasteiger partial charge in [0.25, 0.3) is 0 Å². The Balaban J connectivity index is 1.41. The van der Waals surface area contributed by atoms with Gasteiger partial charge < -0.3 is 9.88 Å². The minimum absolute atomic E-state index is 0.721. The predicted molar refractivity (Wildman–Crippen MR) is 92.8 cm³/mol. The lowest BCUT2D eigenvalue weighted by molar-refractivity contribution is 0.245. The maximum Gasteiger partial charge on any atom is 0.121 e. The monoisotopic (exact) mass is 327 g/mol. The van der Waals surface area contributed by atoms with Gasteiger partial charge in [-0.2, -0.15) is 0 Å². The molecule has 3 aromatic rings. The molecule has 1 saturated heterocycles. The van der Waals surface area contributed by atoms with Crippen LogP contribution in [-0.2, 0) is 6.54 Å². The molecule has 0 aliphatic carbocycles. The van der Waals surface area contributed by atoms with Crippen LogP contribution >= 0.6 is 11.6 Å². The fourth-order valence-corrected chi connectivity index (χ4v) is 3.30. The van der Waals surface area contributed by atoms with Gasteiger partial charge in [-0.05, 0) is 18.2 Å². The van der Waals surface area contributed by atoms with Crippen molar-refractivity contribution in [3.05, 3.63) is 53.6 Å². The second-order valence-electron chi connectivity index (χ2n) is 5.79. The highest BCUT2D eigenvalue weighted by Crippen LogP contribution is 2.25. The number of piperazine rings is 1. The van der Waals surface area contributed by atoms with E-state index in [9.17, 15) is 0 Å². The van der Waals surface area contributed by atoms with Crippen LogP contribution < -0.4 is 4.90 Å². The van der Waals surface area contributed by atoms with Gasteiger partial charge in [0.1, 0.15) is 5.82 Å². The lowest BCUT2D eigenvalue weighted by atomic mass is 10.2. The first-order valence-corrected chi connectivity index (χ1v) is 8.18. The third kappa shape index (κ3) is 3.02. The van der Waals surface area contributed by atoms with Crippen molar-refractivity contribution < 1.29 is 0 Å². The predicted octanol–water partition coefficient (Wildman–Crippen LogP) is 2.93. The molecule has 1 aliphatic rings. The molecule has 0 bridgehead atoms. The molecule has 0 radical (unpaired) electrons. The van der Waals surface area contributed by atoms with Crippen LogP contribution in [0, 0.1) is 0 Å². The van der Waals surface area contributed by atoms with E-state index < -0.39 is 0 Å². The van der Waals surface area contributed by atoms with E-state index >= 15 is 0 Å². The molecule has 4 rings (SSSR count). The Morgan fingerprint density at radius 1 is 1.09 bits per heavy atom. The van der Waals surface area contributed by atoms with E-state index in [0.29, 0.717) is 0 Å². The number of H-pyrrole nitrogens is 1. The van der Waals surface area contributed by atoms with E-state index in [1.165, 1.54) is 0 Å². The first-order chi connectivity index (χ1) is 11.3. The smallest absolute Gasteiger partial charge is 0.121 e. The summed E-state index contributed by atoms with van der Waals surface area (Å²) in [7, 11) is 0. The van der Waals surface area contributed by atoms with Gasteiger partial charge in [0.05, 0.1) is 28.3 Å². The average molecular weight is 328 g/mol. The van der Waals surface area contributed by atoms with Crippen molar-refractivity contribution in [2.24, 2.45) is 0 Å². The molecule has 1 N–H and O–H groups in total. The summed E-state index contributed by atoms with van der Waals surface area (Å²) >= 11 is 6.24. The van der Waals surface area contributed by atoms with Crippen LogP contribution in [0.2, 0.25) is 5.02 Å². The third-order valence-electron chi connectivity index (χ3n) is 4.28. The number of imidazole rings is 1. The molecule has 1 aliphatic heterocycles. The average Bonchev–Trinajstić information content (AvgIpc) is 2.98. The summed E-state index contributed by atoms with van der Waals surface area (Å²) in [6, 6.07) is 10.1. The molecule has 0 unspecified atom stereocenters. The Labute approximate surface area is 139 Å². The van der Waals surface area contributed by atoms with Crippen LogP contribution in [0.15, 0.2) is 42.7 Å². The summed E-state index contributed by atoms with van der Waals surface area (Å²) in [6.07, 6.45) is 3.50. The molecule has 23 heavy (non-hydrogen) atoms. The Bertz CT molecular complexity index is 774. The normalized spacial score (nSPS) is 16.1. The second-order valence-corrected chi connectivity index (χ2v) is 6.20. The van der Waals surface area contributed by atoms with Crippen LogP contribution in [0.1, 0.15) is 5.82 Å². The summed E-state index contributed by atoms with van der Waals surface area (Å²) in [4.78, 5) is 16.8. The van der Waals surface area contributed by atoms with E-state index in [1.807, 2.05) is 24.3 Å². The zero-order chi connectivity index (χ0) is 15.6. The van der Waals surface area contributed by atoms with E-state index in [2.05, 4.69) is 30.8 Å². The first kappa shape index (κ1) is 14.5. The van der Waals surface area contributed by atoms with Gasteiger partial charge in [0, 0.05) is 38.6 Å². The summed E-state index contributed by atoms with van der Waals surface area (Å²) in [6.45, 7) is 4.77. The second kappa shape index (κ2) is 6.18. The molecule has 1 aromatic carbocycles. The zero-order valence-corrected chi connectivity index (χ0v) is 13.5. The molecule has 0 saturated carbocycles. The van der Waals surface area contributed by atoms with Gasteiger partial charge in [-0.1, -0.05) is 23.7 Å². The topological polar surface area (TPSA) is 48.1 Å². The van der Waals surface area contributed by atoms with Crippen LogP contribution in [0.3, 0.4) is 0 Å². The number of pyridine rings is 1. The fraction of sp³-hybridized carbons (Fsp3) is 0.294. The molecule has 0 atom stereocenters. The molecule has 3 heterocycles. The maximum atomic E-state index is 6.24. The number of halogens is 1. The van der Waals surface area contributed by atoms with Crippen molar-refractivity contribution in [3.63, 3.8) is 0 Å². The Morgan fingerprint density at radius 2 is 1.91 bits per heavy atom. The number of anilines is 1. The molecule has 2 aromatic heterocycles. The fourth-order valence-electron chi connectivity index (χ4n) is 3.06. The number of aromatic nitrogens is 3. The molecule has 0 amide bonds. The van der Waals surface area contributed by atoms with E-state index in [0.717, 1.165) is 60.3 Å². The van der Waals surface area contributed by atoms with Gasteiger partial charge in [-0.25, -0.2) is 4.98 Å². The van der Waals surface area contributed by atoms with Crippen molar-refractivity contribution in [2.75, 3.05) is 31.1 Å². The number of hydrogen-bond acceptors (Lipinski definition) is 4. The number of hydrogen-bond donors (Lipinski definition) is 1. The van der Waals surface area contributed by atoms with Crippen molar-refractivity contribution in [1.29, 1.82) is 0 Å². The molecule has 6 heteroatoms. The molecule has 118 valence electrons. The zero-order valence-electron chi connectivity index (χ0n) is 12.7. The molecular weight excluding hydrogens is 310 g/mol. The SMILES string of the molecule is Clc1cnccc1N1CCN(Cc2nc3ccccc3[nH]2)CC1. The summed E-state index contributed by atoms with van der Waals surface area (Å²) in [5.41, 5.74) is 3.21. The van der Waals surface area contributed by atoms with Crippen LogP contribution in [0.4, 0.5) is 5.69 Å².